The molecule has 0 unspecified atom stereocenters. The van der Waals surface area contributed by atoms with Gasteiger partial charge in [0.2, 0.25) is 0 Å². The lowest BCUT2D eigenvalue weighted by molar-refractivity contribution is 0.333. The first kappa shape index (κ1) is 19.6. The van der Waals surface area contributed by atoms with Crippen LogP contribution in [0.3, 0.4) is 0 Å². The van der Waals surface area contributed by atoms with E-state index in [0.29, 0.717) is 11.3 Å². The normalized spacial score (nSPS) is 14.5. The van der Waals surface area contributed by atoms with Gasteiger partial charge in [0.25, 0.3) is 5.56 Å². The number of rotatable bonds is 3. The number of benzene rings is 1. The van der Waals surface area contributed by atoms with E-state index in [1.807, 2.05) is 12.1 Å². The van der Waals surface area contributed by atoms with Crippen LogP contribution in [0.25, 0.3) is 27.8 Å². The predicted octanol–water partition coefficient (Wildman–Crippen LogP) is 3.63. The molecular formula is C24H24FN5O. The smallest absolute Gasteiger partial charge is 0.255 e. The van der Waals surface area contributed by atoms with E-state index in [2.05, 4.69) is 45.9 Å². The van der Waals surface area contributed by atoms with Crippen molar-refractivity contribution in [2.24, 2.45) is 7.05 Å². The lowest BCUT2D eigenvalue weighted by Crippen LogP contribution is -2.17. The summed E-state index contributed by atoms with van der Waals surface area (Å²) in [6.07, 6.45) is 3.97. The highest BCUT2D eigenvalue weighted by atomic mass is 19.1. The molecule has 0 aliphatic carbocycles. The van der Waals surface area contributed by atoms with Crippen molar-refractivity contribution in [1.82, 2.24) is 24.2 Å². The molecule has 158 valence electrons. The Kier molecular flexibility index (Phi) is 4.90. The number of hydrogen-bond acceptors (Lipinski definition) is 4. The summed E-state index contributed by atoms with van der Waals surface area (Å²) in [4.78, 5) is 15.2. The molecule has 1 aromatic carbocycles. The van der Waals surface area contributed by atoms with Gasteiger partial charge in [0.15, 0.2) is 0 Å². The highest BCUT2D eigenvalue weighted by Crippen LogP contribution is 2.30. The molecule has 0 saturated carbocycles. The van der Waals surface area contributed by atoms with Gasteiger partial charge >= 0.3 is 0 Å². The third-order valence-electron chi connectivity index (χ3n) is 6.15. The zero-order chi connectivity index (χ0) is 21.5. The van der Waals surface area contributed by atoms with E-state index in [0.717, 1.165) is 37.1 Å². The van der Waals surface area contributed by atoms with Crippen molar-refractivity contribution in [3.05, 3.63) is 76.0 Å². The minimum Gasteiger partial charge on any atom is -0.347 e. The Labute approximate surface area is 179 Å². The van der Waals surface area contributed by atoms with Gasteiger partial charge in [-0.1, -0.05) is 6.07 Å². The fraction of sp³-hybridized carbons (Fsp3) is 0.292. The molecule has 1 aliphatic heterocycles. The Morgan fingerprint density at radius 3 is 2.68 bits per heavy atom. The lowest BCUT2D eigenvalue weighted by Gasteiger charge is -2.13. The highest BCUT2D eigenvalue weighted by molar-refractivity contribution is 5.87. The Hall–Kier alpha value is -3.32. The quantitative estimate of drug-likeness (QED) is 0.511. The van der Waals surface area contributed by atoms with Crippen molar-refractivity contribution in [3.63, 3.8) is 0 Å². The van der Waals surface area contributed by atoms with Crippen LogP contribution >= 0.6 is 0 Å². The maximum absolute atomic E-state index is 12.9. The first-order chi connectivity index (χ1) is 15.0. The topological polar surface area (TPSA) is 56.0 Å². The van der Waals surface area contributed by atoms with Gasteiger partial charge in [0.1, 0.15) is 6.67 Å². The van der Waals surface area contributed by atoms with Gasteiger partial charge < -0.3 is 9.47 Å². The average molecular weight is 417 g/mol. The Balaban J connectivity index is 1.55. The number of aromatic nitrogens is 4. The lowest BCUT2D eigenvalue weighted by atomic mass is 10.1. The SMILES string of the molecule is CN1CCCc2c(c3ccc(-n4ccc(-c5ccc(CF)nn5)cc4=O)cc3n2C)C1. The zero-order valence-corrected chi connectivity index (χ0v) is 17.7. The van der Waals surface area contributed by atoms with E-state index in [1.54, 1.807) is 29.0 Å². The largest absolute Gasteiger partial charge is 0.347 e. The second-order valence-corrected chi connectivity index (χ2v) is 8.19. The van der Waals surface area contributed by atoms with Crippen LogP contribution in [0, 0.1) is 0 Å². The molecule has 0 spiro atoms. The first-order valence-electron chi connectivity index (χ1n) is 10.5. The summed E-state index contributed by atoms with van der Waals surface area (Å²) in [5, 5.41) is 9.11. The molecule has 1 aliphatic rings. The van der Waals surface area contributed by atoms with Crippen LogP contribution in [-0.4, -0.2) is 37.8 Å². The molecule has 0 amide bonds. The maximum atomic E-state index is 12.9. The Bertz CT molecular complexity index is 1320. The van der Waals surface area contributed by atoms with Gasteiger partial charge in [-0.25, -0.2) is 4.39 Å². The summed E-state index contributed by atoms with van der Waals surface area (Å²) in [6, 6.07) is 12.9. The van der Waals surface area contributed by atoms with Crippen molar-refractivity contribution in [1.29, 1.82) is 0 Å². The minimum atomic E-state index is -0.657. The van der Waals surface area contributed by atoms with E-state index in [1.165, 1.54) is 16.6 Å². The molecule has 0 bridgehead atoms. The fourth-order valence-electron chi connectivity index (χ4n) is 4.50. The monoisotopic (exact) mass is 417 g/mol. The standard InChI is InChI=1S/C24H24FN5O/c1-28-10-3-4-22-20(15-28)19-7-6-18(13-23(19)29(22)2)30-11-9-16(12-24(30)31)21-8-5-17(14-25)26-27-21/h5-9,11-13H,3-4,10,14-15H2,1-2H3. The molecular weight excluding hydrogens is 393 g/mol. The van der Waals surface area contributed by atoms with Gasteiger partial charge in [-0.15, -0.1) is 0 Å². The predicted molar refractivity (Wildman–Crippen MR) is 119 cm³/mol. The Morgan fingerprint density at radius 2 is 1.94 bits per heavy atom. The average Bonchev–Trinajstić information content (AvgIpc) is 2.92. The molecule has 3 aromatic heterocycles. The van der Waals surface area contributed by atoms with Gasteiger partial charge in [-0.05, 0) is 62.3 Å². The molecule has 0 fully saturated rings. The number of pyridine rings is 1. The molecule has 7 heteroatoms. The van der Waals surface area contributed by atoms with Gasteiger partial charge in [0, 0.05) is 42.5 Å². The molecule has 5 rings (SSSR count). The maximum Gasteiger partial charge on any atom is 0.255 e. The van der Waals surface area contributed by atoms with Crippen molar-refractivity contribution in [2.75, 3.05) is 13.6 Å². The number of aryl methyl sites for hydroxylation is 1. The third kappa shape index (κ3) is 3.45. The molecule has 0 saturated heterocycles. The van der Waals surface area contributed by atoms with E-state index < -0.39 is 6.67 Å². The van der Waals surface area contributed by atoms with Crippen molar-refractivity contribution in [2.45, 2.75) is 26.1 Å². The number of alkyl halides is 1. The number of nitrogens with zero attached hydrogens (tertiary/aromatic N) is 5. The Morgan fingerprint density at radius 1 is 1.06 bits per heavy atom. The van der Waals surface area contributed by atoms with Crippen LogP contribution < -0.4 is 5.56 Å². The van der Waals surface area contributed by atoms with Crippen LogP contribution in [0.5, 0.6) is 0 Å². The van der Waals surface area contributed by atoms with Gasteiger partial charge in [-0.3, -0.25) is 9.36 Å². The molecule has 6 nitrogen and oxygen atoms in total. The molecule has 0 N–H and O–H groups in total. The van der Waals surface area contributed by atoms with Crippen LogP contribution in [0.4, 0.5) is 4.39 Å². The highest BCUT2D eigenvalue weighted by Gasteiger charge is 2.20. The summed E-state index contributed by atoms with van der Waals surface area (Å²) < 4.78 is 16.6. The minimum absolute atomic E-state index is 0.149. The van der Waals surface area contributed by atoms with E-state index >= 15 is 0 Å². The van der Waals surface area contributed by atoms with E-state index in [9.17, 15) is 9.18 Å². The van der Waals surface area contributed by atoms with Crippen molar-refractivity contribution >= 4 is 10.9 Å². The summed E-state index contributed by atoms with van der Waals surface area (Å²) in [7, 11) is 4.28. The second-order valence-electron chi connectivity index (χ2n) is 8.19. The van der Waals surface area contributed by atoms with Gasteiger partial charge in [0.05, 0.1) is 22.6 Å². The molecule has 4 heterocycles. The summed E-state index contributed by atoms with van der Waals surface area (Å²) >= 11 is 0. The third-order valence-corrected chi connectivity index (χ3v) is 6.15. The molecule has 4 aromatic rings. The fourth-order valence-corrected chi connectivity index (χ4v) is 4.50. The molecule has 0 radical (unpaired) electrons. The molecule has 31 heavy (non-hydrogen) atoms. The van der Waals surface area contributed by atoms with E-state index in [4.69, 9.17) is 0 Å². The number of hydrogen-bond donors (Lipinski definition) is 0. The molecule has 0 atom stereocenters. The first-order valence-corrected chi connectivity index (χ1v) is 10.5. The number of halogens is 1. The summed E-state index contributed by atoms with van der Waals surface area (Å²) in [6.45, 7) is 1.40. The van der Waals surface area contributed by atoms with Crippen LogP contribution in [0.1, 0.15) is 23.4 Å². The van der Waals surface area contributed by atoms with E-state index in [-0.39, 0.29) is 11.3 Å². The zero-order valence-electron chi connectivity index (χ0n) is 17.7. The van der Waals surface area contributed by atoms with Gasteiger partial charge in [-0.2, -0.15) is 10.2 Å². The van der Waals surface area contributed by atoms with Crippen molar-refractivity contribution in [3.8, 4) is 16.9 Å². The summed E-state index contributed by atoms with van der Waals surface area (Å²) in [5.41, 5.74) is 6.08. The van der Waals surface area contributed by atoms with Crippen molar-refractivity contribution < 1.29 is 4.39 Å². The van der Waals surface area contributed by atoms with Crippen LogP contribution in [0.2, 0.25) is 0 Å². The second kappa shape index (κ2) is 7.74. The summed E-state index contributed by atoms with van der Waals surface area (Å²) in [5.74, 6) is 0. The van der Waals surface area contributed by atoms with Crippen LogP contribution in [0.15, 0.2) is 53.5 Å². The number of fused-ring (bicyclic) bond motifs is 3. The van der Waals surface area contributed by atoms with Crippen LogP contribution in [-0.2, 0) is 26.7 Å².